The summed E-state index contributed by atoms with van der Waals surface area (Å²) in [6.45, 7) is 1.49. The van der Waals surface area contributed by atoms with Crippen molar-refractivity contribution in [3.05, 3.63) is 35.4 Å². The molecule has 0 heterocycles. The minimum atomic E-state index is -0.483. The van der Waals surface area contributed by atoms with Gasteiger partial charge in [-0.05, 0) is 50.9 Å². The van der Waals surface area contributed by atoms with Gasteiger partial charge in [0.15, 0.2) is 0 Å². The number of carbonyl (C=O) groups is 1. The first-order chi connectivity index (χ1) is 9.65. The number of rotatable bonds is 9. The van der Waals surface area contributed by atoms with Crippen molar-refractivity contribution in [3.8, 4) is 0 Å². The number of methoxy groups -OCH3 is 1. The Morgan fingerprint density at radius 1 is 1.15 bits per heavy atom. The topological polar surface area (TPSA) is 38.3 Å². The van der Waals surface area contributed by atoms with E-state index < -0.39 is 11.6 Å². The highest BCUT2D eigenvalue weighted by Gasteiger charge is 2.07. The second-order valence-corrected chi connectivity index (χ2v) is 4.59. The van der Waals surface area contributed by atoms with Gasteiger partial charge in [-0.15, -0.1) is 0 Å². The van der Waals surface area contributed by atoms with Crippen molar-refractivity contribution >= 4 is 5.97 Å². The third-order valence-corrected chi connectivity index (χ3v) is 3.05. The quantitative estimate of drug-likeness (QED) is 0.560. The number of hydrogen-bond donors (Lipinski definition) is 1. The van der Waals surface area contributed by atoms with Crippen LogP contribution in [-0.4, -0.2) is 26.2 Å². The van der Waals surface area contributed by atoms with Crippen LogP contribution in [0, 0.1) is 11.6 Å². The average Bonchev–Trinajstić information content (AvgIpc) is 2.44. The number of hydrogen-bond acceptors (Lipinski definition) is 3. The Labute approximate surface area is 118 Å². The summed E-state index contributed by atoms with van der Waals surface area (Å²) in [6.07, 6.45) is 3.14. The molecule has 0 aliphatic rings. The minimum absolute atomic E-state index is 0.153. The lowest BCUT2D eigenvalue weighted by Crippen LogP contribution is -2.18. The van der Waals surface area contributed by atoms with Gasteiger partial charge in [0.25, 0.3) is 0 Å². The van der Waals surface area contributed by atoms with Gasteiger partial charge in [-0.3, -0.25) is 4.79 Å². The highest BCUT2D eigenvalue weighted by atomic mass is 19.1. The third kappa shape index (κ3) is 6.10. The van der Waals surface area contributed by atoms with Crippen LogP contribution in [0.1, 0.15) is 31.2 Å². The van der Waals surface area contributed by atoms with E-state index in [1.807, 2.05) is 0 Å². The Hall–Kier alpha value is -1.49. The van der Waals surface area contributed by atoms with Gasteiger partial charge in [0.05, 0.1) is 7.11 Å². The zero-order chi connectivity index (χ0) is 14.8. The van der Waals surface area contributed by atoms with Gasteiger partial charge in [-0.2, -0.15) is 0 Å². The molecule has 0 aliphatic carbocycles. The SMILES string of the molecule is COC(=O)CCCCNCCCc1c(F)cccc1F. The Bertz CT molecular complexity index is 404. The number of carbonyl (C=O) groups excluding carboxylic acids is 1. The van der Waals surface area contributed by atoms with Gasteiger partial charge >= 0.3 is 5.97 Å². The fourth-order valence-electron chi connectivity index (χ4n) is 1.91. The van der Waals surface area contributed by atoms with Gasteiger partial charge in [0.2, 0.25) is 0 Å². The maximum absolute atomic E-state index is 13.3. The second-order valence-electron chi connectivity index (χ2n) is 4.59. The molecule has 0 spiro atoms. The van der Waals surface area contributed by atoms with E-state index in [1.54, 1.807) is 0 Å². The molecule has 0 atom stereocenters. The zero-order valence-corrected chi connectivity index (χ0v) is 11.8. The number of unbranched alkanes of at least 4 members (excludes halogenated alkanes) is 1. The lowest BCUT2D eigenvalue weighted by atomic mass is 10.1. The molecule has 0 bridgehead atoms. The molecule has 112 valence electrons. The summed E-state index contributed by atoms with van der Waals surface area (Å²) in [7, 11) is 1.38. The molecule has 0 saturated carbocycles. The van der Waals surface area contributed by atoms with Crippen molar-refractivity contribution in [1.82, 2.24) is 5.32 Å². The molecule has 0 radical (unpaired) electrons. The van der Waals surface area contributed by atoms with Crippen LogP contribution in [0.3, 0.4) is 0 Å². The van der Waals surface area contributed by atoms with Crippen molar-refractivity contribution < 1.29 is 18.3 Å². The van der Waals surface area contributed by atoms with E-state index in [-0.39, 0.29) is 11.5 Å². The van der Waals surface area contributed by atoms with E-state index in [1.165, 1.54) is 25.3 Å². The Kier molecular flexibility index (Phi) is 7.80. The molecule has 0 aliphatic heterocycles. The van der Waals surface area contributed by atoms with Gasteiger partial charge in [-0.1, -0.05) is 6.07 Å². The van der Waals surface area contributed by atoms with Crippen molar-refractivity contribution in [2.45, 2.75) is 32.1 Å². The smallest absolute Gasteiger partial charge is 0.305 e. The summed E-state index contributed by atoms with van der Waals surface area (Å²) in [5, 5.41) is 3.19. The highest BCUT2D eigenvalue weighted by Crippen LogP contribution is 2.13. The molecule has 1 N–H and O–H groups in total. The lowest BCUT2D eigenvalue weighted by Gasteiger charge is -2.06. The third-order valence-electron chi connectivity index (χ3n) is 3.05. The summed E-state index contributed by atoms with van der Waals surface area (Å²) in [5.41, 5.74) is 0.153. The van der Waals surface area contributed by atoms with E-state index >= 15 is 0 Å². The van der Waals surface area contributed by atoms with Crippen molar-refractivity contribution in [3.63, 3.8) is 0 Å². The molecule has 1 aromatic carbocycles. The van der Waals surface area contributed by atoms with Gasteiger partial charge in [-0.25, -0.2) is 8.78 Å². The minimum Gasteiger partial charge on any atom is -0.469 e. The lowest BCUT2D eigenvalue weighted by molar-refractivity contribution is -0.140. The largest absolute Gasteiger partial charge is 0.469 e. The summed E-state index contributed by atoms with van der Waals surface area (Å²) in [5.74, 6) is -1.16. The molecule has 1 rings (SSSR count). The monoisotopic (exact) mass is 285 g/mol. The van der Waals surface area contributed by atoms with Crippen molar-refractivity contribution in [1.29, 1.82) is 0 Å². The first-order valence-corrected chi connectivity index (χ1v) is 6.85. The number of nitrogens with one attached hydrogen (secondary N) is 1. The molecule has 1 aromatic rings. The molecule has 5 heteroatoms. The summed E-state index contributed by atoms with van der Waals surface area (Å²) < 4.78 is 31.2. The fourth-order valence-corrected chi connectivity index (χ4v) is 1.91. The van der Waals surface area contributed by atoms with Crippen LogP contribution in [0.2, 0.25) is 0 Å². The van der Waals surface area contributed by atoms with Gasteiger partial charge in [0.1, 0.15) is 11.6 Å². The molecule has 0 aromatic heterocycles. The van der Waals surface area contributed by atoms with Crippen LogP contribution in [0.5, 0.6) is 0 Å². The van der Waals surface area contributed by atoms with Crippen LogP contribution in [-0.2, 0) is 16.0 Å². The van der Waals surface area contributed by atoms with Crippen molar-refractivity contribution in [2.24, 2.45) is 0 Å². The highest BCUT2D eigenvalue weighted by molar-refractivity contribution is 5.68. The maximum Gasteiger partial charge on any atom is 0.305 e. The van der Waals surface area contributed by atoms with Crippen LogP contribution in [0.15, 0.2) is 18.2 Å². The van der Waals surface area contributed by atoms with Crippen molar-refractivity contribution in [2.75, 3.05) is 20.2 Å². The average molecular weight is 285 g/mol. The summed E-state index contributed by atoms with van der Waals surface area (Å²) >= 11 is 0. The van der Waals surface area contributed by atoms with E-state index in [2.05, 4.69) is 10.1 Å². The molecule has 0 saturated heterocycles. The predicted molar refractivity (Wildman–Crippen MR) is 73.4 cm³/mol. The standard InChI is InChI=1S/C15H21F2NO2/c1-20-15(19)9-2-3-10-18-11-5-6-12-13(16)7-4-8-14(12)17/h4,7-8,18H,2-3,5-6,9-11H2,1H3. The Morgan fingerprint density at radius 3 is 2.45 bits per heavy atom. The van der Waals surface area contributed by atoms with Gasteiger partial charge in [0, 0.05) is 12.0 Å². The molecule has 3 nitrogen and oxygen atoms in total. The Balaban J connectivity index is 2.06. The Morgan fingerprint density at radius 2 is 1.80 bits per heavy atom. The maximum atomic E-state index is 13.3. The van der Waals surface area contributed by atoms with Gasteiger partial charge < -0.3 is 10.1 Å². The number of ether oxygens (including phenoxy) is 1. The second kappa shape index (κ2) is 9.42. The zero-order valence-electron chi connectivity index (χ0n) is 11.8. The fraction of sp³-hybridized carbons (Fsp3) is 0.533. The van der Waals surface area contributed by atoms with E-state index in [0.717, 1.165) is 19.4 Å². The molecule has 0 fully saturated rings. The van der Waals surface area contributed by atoms with E-state index in [9.17, 15) is 13.6 Å². The molecule has 20 heavy (non-hydrogen) atoms. The number of halogens is 2. The first kappa shape index (κ1) is 16.6. The molecular formula is C15H21F2NO2. The normalized spacial score (nSPS) is 10.6. The summed E-state index contributed by atoms with van der Waals surface area (Å²) in [6, 6.07) is 3.92. The van der Waals surface area contributed by atoms with Crippen LogP contribution in [0.25, 0.3) is 0 Å². The molecule has 0 amide bonds. The van der Waals surface area contributed by atoms with Crippen LogP contribution in [0.4, 0.5) is 8.78 Å². The van der Waals surface area contributed by atoms with Crippen LogP contribution < -0.4 is 5.32 Å². The van der Waals surface area contributed by atoms with E-state index in [4.69, 9.17) is 0 Å². The predicted octanol–water partition coefficient (Wildman–Crippen LogP) is 2.83. The molecular weight excluding hydrogens is 264 g/mol. The van der Waals surface area contributed by atoms with Crippen LogP contribution >= 0.6 is 0 Å². The molecule has 0 unspecified atom stereocenters. The first-order valence-electron chi connectivity index (χ1n) is 6.85. The number of esters is 1. The number of benzene rings is 1. The summed E-state index contributed by atoms with van der Waals surface area (Å²) in [4.78, 5) is 10.9. The van der Waals surface area contributed by atoms with E-state index in [0.29, 0.717) is 25.8 Å².